The molecule has 1 aromatic carbocycles. The lowest BCUT2D eigenvalue weighted by molar-refractivity contribution is -0.137. The van der Waals surface area contributed by atoms with Gasteiger partial charge in [-0.15, -0.1) is 0 Å². The molecule has 3 heteroatoms. The third kappa shape index (κ3) is 2.33. The first-order chi connectivity index (χ1) is 6.84. The van der Waals surface area contributed by atoms with Gasteiger partial charge in [0.2, 0.25) is 0 Å². The lowest BCUT2D eigenvalue weighted by atomic mass is 10.2. The highest BCUT2D eigenvalue weighted by atomic mass is 16.5. The molecular weight excluding hydrogens is 178 g/mol. The number of benzene rings is 1. The van der Waals surface area contributed by atoms with Gasteiger partial charge in [-0.2, -0.15) is 0 Å². The first-order valence-electron chi connectivity index (χ1n) is 4.77. The molecule has 0 saturated carbocycles. The van der Waals surface area contributed by atoms with Crippen LogP contribution in [0.4, 0.5) is 0 Å². The molecule has 74 valence electrons. The van der Waals surface area contributed by atoms with Crippen LogP contribution in [-0.4, -0.2) is 18.6 Å². The Balaban J connectivity index is 1.80. The number of hydrogen-bond donors (Lipinski definition) is 1. The van der Waals surface area contributed by atoms with E-state index < -0.39 is 0 Å². The number of carbonyl (C=O) groups is 1. The van der Waals surface area contributed by atoms with Crippen molar-refractivity contribution in [1.29, 1.82) is 0 Å². The Labute approximate surface area is 83.1 Å². The molecule has 0 radical (unpaired) electrons. The van der Waals surface area contributed by atoms with Crippen LogP contribution in [0.3, 0.4) is 0 Å². The molecular formula is C11H13NO2. The topological polar surface area (TPSA) is 38.3 Å². The molecule has 0 amide bonds. The average Bonchev–Trinajstić information content (AvgIpc) is 2.63. The van der Waals surface area contributed by atoms with Crippen molar-refractivity contribution in [2.75, 3.05) is 6.61 Å². The minimum atomic E-state index is -0.101. The standard InChI is InChI=1S/C11H13NO2/c13-11-6-10(8-14-11)12-7-9-4-2-1-3-5-9/h1-5,10,12H,6-8H2/t10-/m0/s1. The number of ether oxygens (including phenoxy) is 1. The highest BCUT2D eigenvalue weighted by molar-refractivity contribution is 5.72. The quantitative estimate of drug-likeness (QED) is 0.727. The van der Waals surface area contributed by atoms with E-state index in [1.165, 1.54) is 5.56 Å². The Hall–Kier alpha value is -1.35. The number of cyclic esters (lactones) is 1. The Morgan fingerprint density at radius 1 is 1.36 bits per heavy atom. The van der Waals surface area contributed by atoms with E-state index in [4.69, 9.17) is 4.74 Å². The summed E-state index contributed by atoms with van der Waals surface area (Å²) in [5, 5.41) is 3.28. The summed E-state index contributed by atoms with van der Waals surface area (Å²) in [7, 11) is 0. The number of rotatable bonds is 3. The Morgan fingerprint density at radius 2 is 2.14 bits per heavy atom. The molecule has 0 bridgehead atoms. The van der Waals surface area contributed by atoms with Crippen LogP contribution in [0, 0.1) is 0 Å². The molecule has 0 aliphatic carbocycles. The molecule has 14 heavy (non-hydrogen) atoms. The van der Waals surface area contributed by atoms with Gasteiger partial charge in [0, 0.05) is 6.54 Å². The molecule has 1 aliphatic heterocycles. The lowest BCUT2D eigenvalue weighted by Crippen LogP contribution is -2.28. The first-order valence-corrected chi connectivity index (χ1v) is 4.77. The Bertz CT molecular complexity index is 310. The Morgan fingerprint density at radius 3 is 2.79 bits per heavy atom. The van der Waals surface area contributed by atoms with Crippen LogP contribution in [0.2, 0.25) is 0 Å². The fraction of sp³-hybridized carbons (Fsp3) is 0.364. The van der Waals surface area contributed by atoms with Gasteiger partial charge in [-0.25, -0.2) is 0 Å². The molecule has 1 aromatic rings. The molecule has 3 nitrogen and oxygen atoms in total. The number of esters is 1. The van der Waals surface area contributed by atoms with Crippen molar-refractivity contribution >= 4 is 5.97 Å². The smallest absolute Gasteiger partial charge is 0.307 e. The van der Waals surface area contributed by atoms with Gasteiger partial charge in [0.1, 0.15) is 6.61 Å². The molecule has 1 atom stereocenters. The molecule has 0 aromatic heterocycles. The normalized spacial score (nSPS) is 20.9. The molecule has 2 rings (SSSR count). The summed E-state index contributed by atoms with van der Waals surface area (Å²) >= 11 is 0. The Kier molecular flexibility index (Phi) is 2.79. The number of carbonyl (C=O) groups excluding carboxylic acids is 1. The second kappa shape index (κ2) is 4.24. The highest BCUT2D eigenvalue weighted by Gasteiger charge is 2.22. The maximum absolute atomic E-state index is 10.8. The van der Waals surface area contributed by atoms with Gasteiger partial charge in [0.05, 0.1) is 12.5 Å². The van der Waals surface area contributed by atoms with Crippen molar-refractivity contribution in [3.8, 4) is 0 Å². The van der Waals surface area contributed by atoms with E-state index in [9.17, 15) is 4.79 Å². The summed E-state index contributed by atoms with van der Waals surface area (Å²) in [5.74, 6) is -0.101. The second-order valence-corrected chi connectivity index (χ2v) is 3.45. The zero-order chi connectivity index (χ0) is 9.80. The average molecular weight is 191 g/mol. The summed E-state index contributed by atoms with van der Waals surface area (Å²) in [4.78, 5) is 10.8. The van der Waals surface area contributed by atoms with Crippen LogP contribution in [-0.2, 0) is 16.1 Å². The maximum atomic E-state index is 10.8. The largest absolute Gasteiger partial charge is 0.464 e. The van der Waals surface area contributed by atoms with Crippen LogP contribution in [0.15, 0.2) is 30.3 Å². The summed E-state index contributed by atoms with van der Waals surface area (Å²) in [6, 6.07) is 10.3. The van der Waals surface area contributed by atoms with E-state index in [0.29, 0.717) is 13.0 Å². The predicted molar refractivity (Wildman–Crippen MR) is 52.6 cm³/mol. The monoisotopic (exact) mass is 191 g/mol. The fourth-order valence-electron chi connectivity index (χ4n) is 1.50. The first kappa shape index (κ1) is 9.21. The molecule has 1 saturated heterocycles. The van der Waals surface area contributed by atoms with E-state index in [1.54, 1.807) is 0 Å². The fourth-order valence-corrected chi connectivity index (χ4v) is 1.50. The van der Waals surface area contributed by atoms with Gasteiger partial charge < -0.3 is 10.1 Å². The third-order valence-electron chi connectivity index (χ3n) is 2.30. The van der Waals surface area contributed by atoms with Crippen molar-refractivity contribution < 1.29 is 9.53 Å². The van der Waals surface area contributed by atoms with Crippen LogP contribution in [0.5, 0.6) is 0 Å². The van der Waals surface area contributed by atoms with Crippen molar-refractivity contribution in [3.63, 3.8) is 0 Å². The predicted octanol–water partition coefficient (Wildman–Crippen LogP) is 1.09. The van der Waals surface area contributed by atoms with Crippen LogP contribution in [0.1, 0.15) is 12.0 Å². The second-order valence-electron chi connectivity index (χ2n) is 3.45. The van der Waals surface area contributed by atoms with E-state index in [2.05, 4.69) is 17.4 Å². The molecule has 1 N–H and O–H groups in total. The van der Waals surface area contributed by atoms with Crippen molar-refractivity contribution in [2.24, 2.45) is 0 Å². The summed E-state index contributed by atoms with van der Waals surface area (Å²) < 4.78 is 4.85. The molecule has 0 spiro atoms. The van der Waals surface area contributed by atoms with Crippen molar-refractivity contribution in [2.45, 2.75) is 19.0 Å². The summed E-state index contributed by atoms with van der Waals surface area (Å²) in [6.07, 6.45) is 0.493. The van der Waals surface area contributed by atoms with Gasteiger partial charge in [-0.05, 0) is 5.56 Å². The highest BCUT2D eigenvalue weighted by Crippen LogP contribution is 2.06. The zero-order valence-corrected chi connectivity index (χ0v) is 7.90. The SMILES string of the molecule is O=C1C[C@H](NCc2ccccc2)CO1. The number of hydrogen-bond acceptors (Lipinski definition) is 3. The zero-order valence-electron chi connectivity index (χ0n) is 7.90. The number of nitrogens with one attached hydrogen (secondary N) is 1. The van der Waals surface area contributed by atoms with Crippen LogP contribution >= 0.6 is 0 Å². The maximum Gasteiger partial charge on any atom is 0.307 e. The third-order valence-corrected chi connectivity index (χ3v) is 2.30. The van der Waals surface area contributed by atoms with Gasteiger partial charge in [0.15, 0.2) is 0 Å². The van der Waals surface area contributed by atoms with E-state index >= 15 is 0 Å². The summed E-state index contributed by atoms with van der Waals surface area (Å²) in [5.41, 5.74) is 1.23. The van der Waals surface area contributed by atoms with Gasteiger partial charge >= 0.3 is 5.97 Å². The lowest BCUT2D eigenvalue weighted by Gasteiger charge is -2.08. The van der Waals surface area contributed by atoms with E-state index in [0.717, 1.165) is 6.54 Å². The van der Waals surface area contributed by atoms with E-state index in [-0.39, 0.29) is 12.0 Å². The van der Waals surface area contributed by atoms with Crippen LogP contribution < -0.4 is 5.32 Å². The molecule has 0 unspecified atom stereocenters. The van der Waals surface area contributed by atoms with Gasteiger partial charge in [-0.3, -0.25) is 4.79 Å². The molecule has 1 heterocycles. The molecule has 1 fully saturated rings. The van der Waals surface area contributed by atoms with Gasteiger partial charge in [0.25, 0.3) is 0 Å². The van der Waals surface area contributed by atoms with Crippen molar-refractivity contribution in [3.05, 3.63) is 35.9 Å². The van der Waals surface area contributed by atoms with Crippen LogP contribution in [0.25, 0.3) is 0 Å². The van der Waals surface area contributed by atoms with Crippen molar-refractivity contribution in [1.82, 2.24) is 5.32 Å². The molecule has 1 aliphatic rings. The summed E-state index contributed by atoms with van der Waals surface area (Å²) in [6.45, 7) is 1.30. The minimum absolute atomic E-state index is 0.101. The van der Waals surface area contributed by atoms with E-state index in [1.807, 2.05) is 18.2 Å². The van der Waals surface area contributed by atoms with Gasteiger partial charge in [-0.1, -0.05) is 30.3 Å². The minimum Gasteiger partial charge on any atom is -0.464 e.